The van der Waals surface area contributed by atoms with E-state index in [2.05, 4.69) is 51.2 Å². The van der Waals surface area contributed by atoms with Gasteiger partial charge in [0.1, 0.15) is 0 Å². The zero-order chi connectivity index (χ0) is 13.3. The van der Waals surface area contributed by atoms with Crippen LogP contribution >= 0.6 is 11.8 Å². The highest BCUT2D eigenvalue weighted by molar-refractivity contribution is 7.98. The quantitative estimate of drug-likeness (QED) is 0.608. The van der Waals surface area contributed by atoms with E-state index < -0.39 is 0 Å². The van der Waals surface area contributed by atoms with Crippen molar-refractivity contribution < 1.29 is 0 Å². The van der Waals surface area contributed by atoms with E-state index in [4.69, 9.17) is 0 Å². The molecule has 0 aliphatic rings. The van der Waals surface area contributed by atoms with Crippen LogP contribution in [-0.2, 0) is 0 Å². The number of thioether (sulfide) groups is 1. The van der Waals surface area contributed by atoms with Crippen LogP contribution in [0.3, 0.4) is 0 Å². The fraction of sp³-hybridized carbons (Fsp3) is 1.00. The topological polar surface area (TPSA) is 15.3 Å². The molecule has 0 spiro atoms. The summed E-state index contributed by atoms with van der Waals surface area (Å²) in [6.45, 7) is 11.5. The zero-order valence-electron chi connectivity index (χ0n) is 12.6. The van der Waals surface area contributed by atoms with E-state index >= 15 is 0 Å². The molecule has 17 heavy (non-hydrogen) atoms. The number of rotatable bonds is 10. The first kappa shape index (κ1) is 17.3. The van der Waals surface area contributed by atoms with Crippen LogP contribution in [0.5, 0.6) is 0 Å². The van der Waals surface area contributed by atoms with Gasteiger partial charge in [0.25, 0.3) is 0 Å². The lowest BCUT2D eigenvalue weighted by molar-refractivity contribution is 0.183. The van der Waals surface area contributed by atoms with Gasteiger partial charge in [-0.3, -0.25) is 0 Å². The Bertz CT molecular complexity index is 174. The van der Waals surface area contributed by atoms with Crippen molar-refractivity contribution in [2.24, 2.45) is 5.92 Å². The van der Waals surface area contributed by atoms with Crippen molar-refractivity contribution in [2.45, 2.75) is 52.6 Å². The van der Waals surface area contributed by atoms with E-state index in [1.807, 2.05) is 11.8 Å². The summed E-state index contributed by atoms with van der Waals surface area (Å²) in [5.74, 6) is 2.02. The summed E-state index contributed by atoms with van der Waals surface area (Å²) in [5.41, 5.74) is 0. The van der Waals surface area contributed by atoms with Gasteiger partial charge in [0.05, 0.1) is 0 Å². The second kappa shape index (κ2) is 10.2. The summed E-state index contributed by atoms with van der Waals surface area (Å²) in [6, 6.07) is 1.37. The van der Waals surface area contributed by atoms with Crippen molar-refractivity contribution in [3.63, 3.8) is 0 Å². The summed E-state index contributed by atoms with van der Waals surface area (Å²) in [4.78, 5) is 2.52. The first-order chi connectivity index (χ1) is 7.99. The normalized spacial score (nSPS) is 15.5. The Kier molecular flexibility index (Phi) is 10.4. The molecule has 0 aromatic heterocycles. The van der Waals surface area contributed by atoms with Crippen molar-refractivity contribution in [1.29, 1.82) is 0 Å². The molecule has 3 heteroatoms. The van der Waals surface area contributed by atoms with Gasteiger partial charge in [-0.1, -0.05) is 13.8 Å². The molecule has 0 saturated carbocycles. The maximum absolute atomic E-state index is 3.52. The molecule has 1 N–H and O–H groups in total. The van der Waals surface area contributed by atoms with Gasteiger partial charge in [0, 0.05) is 12.1 Å². The molecule has 104 valence electrons. The van der Waals surface area contributed by atoms with Gasteiger partial charge < -0.3 is 10.2 Å². The smallest absolute Gasteiger partial charge is 0.00787 e. The zero-order valence-corrected chi connectivity index (χ0v) is 13.4. The van der Waals surface area contributed by atoms with Crippen molar-refractivity contribution in [2.75, 3.05) is 32.1 Å². The average molecular weight is 260 g/mol. The Morgan fingerprint density at radius 1 is 1.06 bits per heavy atom. The highest BCUT2D eigenvalue weighted by Crippen LogP contribution is 2.11. The number of hydrogen-bond donors (Lipinski definition) is 1. The molecule has 0 saturated heterocycles. The Balaban J connectivity index is 3.68. The van der Waals surface area contributed by atoms with Crippen LogP contribution in [0.1, 0.15) is 40.5 Å². The summed E-state index contributed by atoms with van der Waals surface area (Å²) in [6.07, 6.45) is 4.72. The summed E-state index contributed by atoms with van der Waals surface area (Å²) in [5, 5.41) is 3.52. The van der Waals surface area contributed by atoms with E-state index in [0.717, 1.165) is 19.0 Å². The first-order valence-corrected chi connectivity index (χ1v) is 8.30. The molecular weight excluding hydrogens is 228 g/mol. The average Bonchev–Trinajstić information content (AvgIpc) is 2.30. The van der Waals surface area contributed by atoms with Gasteiger partial charge in [-0.2, -0.15) is 11.8 Å². The van der Waals surface area contributed by atoms with Crippen LogP contribution < -0.4 is 5.32 Å². The molecule has 0 aliphatic carbocycles. The van der Waals surface area contributed by atoms with Crippen LogP contribution in [0.25, 0.3) is 0 Å². The molecule has 0 heterocycles. The van der Waals surface area contributed by atoms with E-state index in [1.165, 1.54) is 18.6 Å². The predicted molar refractivity (Wildman–Crippen MR) is 82.0 cm³/mol. The van der Waals surface area contributed by atoms with Gasteiger partial charge in [-0.15, -0.1) is 0 Å². The van der Waals surface area contributed by atoms with Gasteiger partial charge in [0.15, 0.2) is 0 Å². The summed E-state index contributed by atoms with van der Waals surface area (Å²) < 4.78 is 0. The molecule has 2 nitrogen and oxygen atoms in total. The molecule has 0 aromatic carbocycles. The van der Waals surface area contributed by atoms with E-state index in [-0.39, 0.29) is 0 Å². The number of nitrogens with one attached hydrogen (secondary N) is 1. The van der Waals surface area contributed by atoms with Crippen LogP contribution in [-0.4, -0.2) is 49.1 Å². The SMILES string of the molecule is CSCCC(C)N(C)C(C)CCNCC(C)C. The van der Waals surface area contributed by atoms with Crippen LogP contribution in [0.4, 0.5) is 0 Å². The molecule has 0 bridgehead atoms. The molecule has 0 radical (unpaired) electrons. The van der Waals surface area contributed by atoms with Gasteiger partial charge in [-0.25, -0.2) is 0 Å². The molecule has 0 fully saturated rings. The molecule has 2 atom stereocenters. The Hall–Kier alpha value is 0.270. The Labute approximate surface area is 113 Å². The second-order valence-electron chi connectivity index (χ2n) is 5.53. The molecule has 0 rings (SSSR count). The predicted octanol–water partition coefficient (Wildman–Crippen LogP) is 3.08. The lowest BCUT2D eigenvalue weighted by atomic mass is 10.1. The molecule has 0 amide bonds. The largest absolute Gasteiger partial charge is 0.316 e. The van der Waals surface area contributed by atoms with E-state index in [1.54, 1.807) is 0 Å². The van der Waals surface area contributed by atoms with Gasteiger partial charge in [0.2, 0.25) is 0 Å². The standard InChI is InChI=1S/C14H32N2S/c1-12(2)11-15-9-7-13(3)16(5)14(4)8-10-17-6/h12-15H,7-11H2,1-6H3. The first-order valence-electron chi connectivity index (χ1n) is 6.90. The second-order valence-corrected chi connectivity index (χ2v) is 6.52. The monoisotopic (exact) mass is 260 g/mol. The van der Waals surface area contributed by atoms with Crippen molar-refractivity contribution in [1.82, 2.24) is 10.2 Å². The number of nitrogens with zero attached hydrogens (tertiary/aromatic N) is 1. The Morgan fingerprint density at radius 2 is 1.65 bits per heavy atom. The van der Waals surface area contributed by atoms with Crippen LogP contribution in [0.2, 0.25) is 0 Å². The summed E-state index contributed by atoms with van der Waals surface area (Å²) in [7, 11) is 2.26. The maximum atomic E-state index is 3.52. The minimum atomic E-state index is 0.673. The van der Waals surface area contributed by atoms with Crippen LogP contribution in [0.15, 0.2) is 0 Å². The van der Waals surface area contributed by atoms with Gasteiger partial charge >= 0.3 is 0 Å². The van der Waals surface area contributed by atoms with Crippen molar-refractivity contribution >= 4 is 11.8 Å². The highest BCUT2D eigenvalue weighted by atomic mass is 32.2. The number of hydrogen-bond acceptors (Lipinski definition) is 3. The van der Waals surface area contributed by atoms with E-state index in [9.17, 15) is 0 Å². The third kappa shape index (κ3) is 8.92. The minimum absolute atomic E-state index is 0.673. The van der Waals surface area contributed by atoms with Gasteiger partial charge in [-0.05, 0) is 64.8 Å². The minimum Gasteiger partial charge on any atom is -0.316 e. The van der Waals surface area contributed by atoms with E-state index in [0.29, 0.717) is 12.1 Å². The molecule has 2 unspecified atom stereocenters. The Morgan fingerprint density at radius 3 is 2.18 bits per heavy atom. The molecule has 0 aromatic rings. The third-order valence-electron chi connectivity index (χ3n) is 3.42. The third-order valence-corrected chi connectivity index (χ3v) is 4.07. The highest BCUT2D eigenvalue weighted by Gasteiger charge is 2.14. The van der Waals surface area contributed by atoms with Crippen LogP contribution in [0, 0.1) is 5.92 Å². The van der Waals surface area contributed by atoms with Crippen molar-refractivity contribution in [3.05, 3.63) is 0 Å². The summed E-state index contributed by atoms with van der Waals surface area (Å²) >= 11 is 1.94. The molecule has 0 aliphatic heterocycles. The fourth-order valence-electron chi connectivity index (χ4n) is 1.83. The van der Waals surface area contributed by atoms with Crippen molar-refractivity contribution in [3.8, 4) is 0 Å². The maximum Gasteiger partial charge on any atom is 0.00787 e. The lowest BCUT2D eigenvalue weighted by Gasteiger charge is -2.31. The lowest BCUT2D eigenvalue weighted by Crippen LogP contribution is -2.39. The molecular formula is C14H32N2S. The fourth-order valence-corrected chi connectivity index (χ4v) is 2.41.